The zero-order valence-electron chi connectivity index (χ0n) is 9.69. The predicted octanol–water partition coefficient (Wildman–Crippen LogP) is 1.51. The van der Waals surface area contributed by atoms with Crippen LogP contribution in [-0.2, 0) is 4.74 Å². The monoisotopic (exact) mass is 212 g/mol. The molecule has 0 aliphatic carbocycles. The Kier molecular flexibility index (Phi) is 3.39. The lowest BCUT2D eigenvalue weighted by atomic mass is 10.2. The van der Waals surface area contributed by atoms with Crippen molar-refractivity contribution in [3.63, 3.8) is 0 Å². The summed E-state index contributed by atoms with van der Waals surface area (Å²) in [5.74, 6) is 0. The summed E-state index contributed by atoms with van der Waals surface area (Å²) in [6.45, 7) is 9.80. The van der Waals surface area contributed by atoms with Gasteiger partial charge in [-0.3, -0.25) is 0 Å². The summed E-state index contributed by atoms with van der Waals surface area (Å²) in [5.41, 5.74) is 5.33. The number of ether oxygens (including phenoxy) is 1. The van der Waals surface area contributed by atoms with Crippen LogP contribution in [0.3, 0.4) is 0 Å². The molecule has 86 valence electrons. The summed E-state index contributed by atoms with van der Waals surface area (Å²) in [4.78, 5) is 13.4. The van der Waals surface area contributed by atoms with Gasteiger partial charge < -0.3 is 15.4 Å². The van der Waals surface area contributed by atoms with Crippen molar-refractivity contribution in [3.05, 3.63) is 12.7 Å². The summed E-state index contributed by atoms with van der Waals surface area (Å²) in [5, 5.41) is 0. The normalized spacial score (nSPS) is 26.5. The van der Waals surface area contributed by atoms with Gasteiger partial charge in [-0.15, -0.1) is 6.58 Å². The van der Waals surface area contributed by atoms with E-state index in [0.29, 0.717) is 6.54 Å². The van der Waals surface area contributed by atoms with Crippen LogP contribution in [0.4, 0.5) is 4.79 Å². The fourth-order valence-electron chi connectivity index (χ4n) is 1.65. The van der Waals surface area contributed by atoms with Gasteiger partial charge in [-0.25, -0.2) is 4.79 Å². The van der Waals surface area contributed by atoms with Crippen LogP contribution in [0.5, 0.6) is 0 Å². The molecule has 2 atom stereocenters. The van der Waals surface area contributed by atoms with Crippen molar-refractivity contribution >= 4 is 6.09 Å². The van der Waals surface area contributed by atoms with Gasteiger partial charge in [0.2, 0.25) is 0 Å². The van der Waals surface area contributed by atoms with Crippen LogP contribution < -0.4 is 5.73 Å². The average Bonchev–Trinajstić information content (AvgIpc) is 2.43. The minimum atomic E-state index is -0.463. The molecule has 0 saturated carbocycles. The number of likely N-dealkylation sites (tertiary alicyclic amines) is 1. The Bertz CT molecular complexity index is 258. The molecule has 2 N–H and O–H groups in total. The molecule has 0 radical (unpaired) electrons. The lowest BCUT2D eigenvalue weighted by Crippen LogP contribution is -2.39. The molecule has 1 rings (SSSR count). The SMILES string of the molecule is C=C[C@@H]1C[C@H](N)CN1C(=O)OC(C)(C)C. The molecule has 4 nitrogen and oxygen atoms in total. The Hall–Kier alpha value is -1.03. The molecule has 1 aliphatic heterocycles. The maximum atomic E-state index is 11.8. The van der Waals surface area contributed by atoms with E-state index in [0.717, 1.165) is 6.42 Å². The molecule has 0 spiro atoms. The Morgan fingerprint density at radius 2 is 2.20 bits per heavy atom. The van der Waals surface area contributed by atoms with E-state index in [1.165, 1.54) is 0 Å². The predicted molar refractivity (Wildman–Crippen MR) is 59.5 cm³/mol. The summed E-state index contributed by atoms with van der Waals surface area (Å²) in [7, 11) is 0. The Morgan fingerprint density at radius 1 is 1.60 bits per heavy atom. The summed E-state index contributed by atoms with van der Waals surface area (Å²) in [6.07, 6.45) is 2.21. The third kappa shape index (κ3) is 3.23. The van der Waals surface area contributed by atoms with Gasteiger partial charge in [0, 0.05) is 12.6 Å². The van der Waals surface area contributed by atoms with Crippen molar-refractivity contribution in [2.45, 2.75) is 44.9 Å². The Balaban J connectivity index is 2.63. The highest BCUT2D eigenvalue weighted by Gasteiger charge is 2.34. The van der Waals surface area contributed by atoms with Crippen LogP contribution in [-0.4, -0.2) is 35.2 Å². The number of hydrogen-bond donors (Lipinski definition) is 1. The largest absolute Gasteiger partial charge is 0.444 e. The topological polar surface area (TPSA) is 55.6 Å². The molecule has 1 aliphatic rings. The van der Waals surface area contributed by atoms with E-state index in [4.69, 9.17) is 10.5 Å². The first-order valence-electron chi connectivity index (χ1n) is 5.21. The van der Waals surface area contributed by atoms with Gasteiger partial charge >= 0.3 is 6.09 Å². The lowest BCUT2D eigenvalue weighted by molar-refractivity contribution is 0.0254. The van der Waals surface area contributed by atoms with Crippen molar-refractivity contribution < 1.29 is 9.53 Å². The van der Waals surface area contributed by atoms with E-state index in [-0.39, 0.29) is 18.2 Å². The second-order valence-corrected chi connectivity index (χ2v) is 4.93. The second kappa shape index (κ2) is 4.23. The fraction of sp³-hybridized carbons (Fsp3) is 0.727. The summed E-state index contributed by atoms with van der Waals surface area (Å²) < 4.78 is 5.29. The molecular weight excluding hydrogens is 192 g/mol. The molecule has 0 aromatic rings. The van der Waals surface area contributed by atoms with E-state index < -0.39 is 5.60 Å². The number of nitrogens with zero attached hydrogens (tertiary/aromatic N) is 1. The molecule has 4 heteroatoms. The molecule has 15 heavy (non-hydrogen) atoms. The third-order valence-electron chi connectivity index (χ3n) is 2.28. The number of carbonyl (C=O) groups is 1. The summed E-state index contributed by atoms with van der Waals surface area (Å²) >= 11 is 0. The van der Waals surface area contributed by atoms with Crippen LogP contribution in [0.25, 0.3) is 0 Å². The van der Waals surface area contributed by atoms with Gasteiger partial charge in [0.25, 0.3) is 0 Å². The van der Waals surface area contributed by atoms with Crippen LogP contribution in [0.15, 0.2) is 12.7 Å². The first-order chi connectivity index (χ1) is 6.83. The highest BCUT2D eigenvalue weighted by molar-refractivity contribution is 5.69. The van der Waals surface area contributed by atoms with Crippen molar-refractivity contribution in [2.75, 3.05) is 6.54 Å². The molecule has 0 aromatic carbocycles. The zero-order valence-corrected chi connectivity index (χ0v) is 9.69. The van der Waals surface area contributed by atoms with Crippen molar-refractivity contribution in [1.82, 2.24) is 4.90 Å². The molecule has 1 fully saturated rings. The highest BCUT2D eigenvalue weighted by Crippen LogP contribution is 2.20. The minimum Gasteiger partial charge on any atom is -0.444 e. The number of amides is 1. The molecule has 0 unspecified atom stereocenters. The zero-order chi connectivity index (χ0) is 11.6. The molecule has 0 aromatic heterocycles. The third-order valence-corrected chi connectivity index (χ3v) is 2.28. The molecule has 0 bridgehead atoms. The van der Waals surface area contributed by atoms with Crippen LogP contribution in [0.2, 0.25) is 0 Å². The number of hydrogen-bond acceptors (Lipinski definition) is 3. The minimum absolute atomic E-state index is 0.00912. The van der Waals surface area contributed by atoms with Crippen LogP contribution in [0, 0.1) is 0 Å². The summed E-state index contributed by atoms with van der Waals surface area (Å²) in [6, 6.07) is 0.0374. The first-order valence-corrected chi connectivity index (χ1v) is 5.21. The van der Waals surface area contributed by atoms with E-state index in [9.17, 15) is 4.79 Å². The standard InChI is InChI=1S/C11H20N2O2/c1-5-9-6-8(12)7-13(9)10(14)15-11(2,3)4/h5,8-9H,1,6-7,12H2,2-4H3/t8-,9+/m0/s1. The van der Waals surface area contributed by atoms with Crippen LogP contribution in [0.1, 0.15) is 27.2 Å². The Labute approximate surface area is 91.1 Å². The smallest absolute Gasteiger partial charge is 0.410 e. The van der Waals surface area contributed by atoms with E-state index in [2.05, 4.69) is 6.58 Å². The molecule has 1 saturated heterocycles. The Morgan fingerprint density at radius 3 is 2.67 bits per heavy atom. The molecule has 1 heterocycles. The average molecular weight is 212 g/mol. The van der Waals surface area contributed by atoms with Crippen molar-refractivity contribution in [2.24, 2.45) is 5.73 Å². The first kappa shape index (κ1) is 12.0. The molecule has 1 amide bonds. The lowest BCUT2D eigenvalue weighted by Gasteiger charge is -2.27. The van der Waals surface area contributed by atoms with Gasteiger partial charge in [-0.05, 0) is 27.2 Å². The number of rotatable bonds is 1. The number of carbonyl (C=O) groups excluding carboxylic acids is 1. The van der Waals surface area contributed by atoms with Gasteiger partial charge in [0.05, 0.1) is 6.04 Å². The molecular formula is C11H20N2O2. The fourth-order valence-corrected chi connectivity index (χ4v) is 1.65. The second-order valence-electron chi connectivity index (χ2n) is 4.93. The van der Waals surface area contributed by atoms with E-state index in [1.54, 1.807) is 11.0 Å². The van der Waals surface area contributed by atoms with Gasteiger partial charge in [0.15, 0.2) is 0 Å². The number of nitrogens with two attached hydrogens (primary N) is 1. The van der Waals surface area contributed by atoms with Gasteiger partial charge in [0.1, 0.15) is 5.60 Å². The van der Waals surface area contributed by atoms with Crippen LogP contribution >= 0.6 is 0 Å². The maximum Gasteiger partial charge on any atom is 0.410 e. The quantitative estimate of drug-likeness (QED) is 0.670. The van der Waals surface area contributed by atoms with E-state index >= 15 is 0 Å². The van der Waals surface area contributed by atoms with E-state index in [1.807, 2.05) is 20.8 Å². The van der Waals surface area contributed by atoms with Crippen molar-refractivity contribution in [3.8, 4) is 0 Å². The van der Waals surface area contributed by atoms with Gasteiger partial charge in [-0.2, -0.15) is 0 Å². The van der Waals surface area contributed by atoms with Gasteiger partial charge in [-0.1, -0.05) is 6.08 Å². The van der Waals surface area contributed by atoms with Crippen molar-refractivity contribution in [1.29, 1.82) is 0 Å². The highest BCUT2D eigenvalue weighted by atomic mass is 16.6. The maximum absolute atomic E-state index is 11.8.